The summed E-state index contributed by atoms with van der Waals surface area (Å²) < 4.78 is 0. The second-order valence-corrected chi connectivity index (χ2v) is 6.12. The van der Waals surface area contributed by atoms with Gasteiger partial charge in [0.15, 0.2) is 0 Å². The van der Waals surface area contributed by atoms with E-state index in [-0.39, 0.29) is 10.8 Å². The van der Waals surface area contributed by atoms with Crippen LogP contribution in [0.15, 0.2) is 36.4 Å². The first-order valence-corrected chi connectivity index (χ1v) is 6.71. The lowest BCUT2D eigenvalue weighted by molar-refractivity contribution is 0.129. The van der Waals surface area contributed by atoms with Gasteiger partial charge in [-0.1, -0.05) is 36.4 Å². The highest BCUT2D eigenvalue weighted by Crippen LogP contribution is 2.63. The summed E-state index contributed by atoms with van der Waals surface area (Å²) in [6.45, 7) is 0. The van der Waals surface area contributed by atoms with E-state index >= 15 is 0 Å². The third kappa shape index (κ3) is 0.942. The molecule has 0 aliphatic heterocycles. The Hall–Kier alpha value is -0.460. The van der Waals surface area contributed by atoms with Crippen LogP contribution in [0.25, 0.3) is 0 Å². The predicted molar refractivity (Wildman–Crippen MR) is 67.3 cm³/mol. The molecule has 0 nitrogen and oxygen atoms in total. The fraction of sp³-hybridized carbons (Fsp3) is 0.429. The lowest BCUT2D eigenvalue weighted by Gasteiger charge is -2.58. The fourth-order valence-corrected chi connectivity index (χ4v) is 4.80. The minimum Gasteiger partial charge on any atom is -0.121 e. The van der Waals surface area contributed by atoms with Crippen LogP contribution in [0, 0.1) is 11.8 Å². The molecule has 1 aromatic rings. The van der Waals surface area contributed by atoms with Crippen molar-refractivity contribution in [3.63, 3.8) is 0 Å². The van der Waals surface area contributed by atoms with Gasteiger partial charge in [-0.05, 0) is 23.0 Å². The van der Waals surface area contributed by atoms with Crippen molar-refractivity contribution >= 4 is 23.2 Å². The number of benzene rings is 1. The number of hydrogen-bond donors (Lipinski definition) is 0. The molecule has 0 N–H and O–H groups in total. The maximum Gasteiger partial charge on any atom is 0.0543 e. The molecular weight excluding hydrogens is 239 g/mol. The van der Waals surface area contributed by atoms with Crippen LogP contribution < -0.4 is 0 Å². The topological polar surface area (TPSA) is 0 Å². The van der Waals surface area contributed by atoms with E-state index < -0.39 is 0 Å². The summed E-state index contributed by atoms with van der Waals surface area (Å²) in [5, 5.41) is 0.301. The summed E-state index contributed by atoms with van der Waals surface area (Å²) >= 11 is 12.7. The van der Waals surface area contributed by atoms with Crippen molar-refractivity contribution in [1.82, 2.24) is 0 Å². The van der Waals surface area contributed by atoms with E-state index in [1.165, 1.54) is 11.1 Å². The second-order valence-electron chi connectivity index (χ2n) is 5.11. The molecule has 6 unspecified atom stereocenters. The van der Waals surface area contributed by atoms with Crippen molar-refractivity contribution in [2.24, 2.45) is 11.8 Å². The molecule has 0 heterocycles. The Bertz CT molecular complexity index is 436. The van der Waals surface area contributed by atoms with E-state index in [0.717, 1.165) is 0 Å². The maximum atomic E-state index is 6.37. The molecule has 6 atom stereocenters. The summed E-state index contributed by atoms with van der Waals surface area (Å²) in [6, 6.07) is 8.75. The summed E-state index contributed by atoms with van der Waals surface area (Å²) in [4.78, 5) is 0. The summed E-state index contributed by atoms with van der Waals surface area (Å²) in [6.07, 6.45) is 4.68. The summed E-state index contributed by atoms with van der Waals surface area (Å²) in [7, 11) is 0. The number of halogens is 2. The largest absolute Gasteiger partial charge is 0.121 e. The molecule has 82 valence electrons. The van der Waals surface area contributed by atoms with Gasteiger partial charge < -0.3 is 0 Å². The molecule has 0 spiro atoms. The van der Waals surface area contributed by atoms with Crippen LogP contribution in [0.5, 0.6) is 0 Å². The van der Waals surface area contributed by atoms with Gasteiger partial charge in [0.05, 0.1) is 10.8 Å². The SMILES string of the molecule is ClC1C(Cl)C2C3C=CC(c4ccccc43)C12. The van der Waals surface area contributed by atoms with Crippen molar-refractivity contribution < 1.29 is 0 Å². The molecular formula is C14H12Cl2. The number of hydrogen-bond acceptors (Lipinski definition) is 0. The van der Waals surface area contributed by atoms with Crippen LogP contribution in [0.1, 0.15) is 23.0 Å². The molecule has 1 aromatic carbocycles. The minimum atomic E-state index is 0.150. The molecule has 0 amide bonds. The van der Waals surface area contributed by atoms with Gasteiger partial charge in [-0.3, -0.25) is 0 Å². The third-order valence-electron chi connectivity index (χ3n) is 4.55. The van der Waals surface area contributed by atoms with Gasteiger partial charge in [0.1, 0.15) is 0 Å². The zero-order chi connectivity index (χ0) is 10.9. The Labute approximate surface area is 105 Å². The Balaban J connectivity index is 1.90. The van der Waals surface area contributed by atoms with Crippen molar-refractivity contribution in [2.75, 3.05) is 0 Å². The predicted octanol–water partition coefficient (Wildman–Crippen LogP) is 3.90. The van der Waals surface area contributed by atoms with Crippen molar-refractivity contribution in [2.45, 2.75) is 22.6 Å². The van der Waals surface area contributed by atoms with E-state index in [0.29, 0.717) is 23.7 Å². The average Bonchev–Trinajstić information content (AvgIpc) is 2.37. The van der Waals surface area contributed by atoms with Gasteiger partial charge in [-0.25, -0.2) is 0 Å². The van der Waals surface area contributed by atoms with Gasteiger partial charge in [-0.2, -0.15) is 0 Å². The maximum absolute atomic E-state index is 6.37. The Morgan fingerprint density at radius 3 is 1.62 bits per heavy atom. The fourth-order valence-electron chi connectivity index (χ4n) is 3.81. The molecule has 16 heavy (non-hydrogen) atoms. The van der Waals surface area contributed by atoms with Crippen molar-refractivity contribution in [3.05, 3.63) is 47.5 Å². The van der Waals surface area contributed by atoms with Crippen LogP contribution in [0.2, 0.25) is 0 Å². The molecule has 5 rings (SSSR count). The van der Waals surface area contributed by atoms with Gasteiger partial charge >= 0.3 is 0 Å². The standard InChI is InChI=1S/C14H12Cl2/c15-13-11-9-5-6-10(12(11)14(13)16)8-4-2-1-3-7(8)9/h1-6,9-14H. The van der Waals surface area contributed by atoms with E-state index in [1.54, 1.807) is 0 Å². The zero-order valence-corrected chi connectivity index (χ0v) is 10.2. The van der Waals surface area contributed by atoms with E-state index in [1.807, 2.05) is 0 Å². The molecule has 0 aromatic heterocycles. The first-order valence-electron chi connectivity index (χ1n) is 5.84. The highest BCUT2D eigenvalue weighted by Gasteiger charge is 2.59. The van der Waals surface area contributed by atoms with Crippen LogP contribution >= 0.6 is 23.2 Å². The van der Waals surface area contributed by atoms with Crippen LogP contribution in [0.3, 0.4) is 0 Å². The molecule has 0 radical (unpaired) electrons. The first kappa shape index (κ1) is 9.56. The molecule has 4 aliphatic carbocycles. The van der Waals surface area contributed by atoms with Gasteiger partial charge in [0.2, 0.25) is 0 Å². The second kappa shape index (κ2) is 3.05. The van der Waals surface area contributed by atoms with Gasteiger partial charge in [0, 0.05) is 11.8 Å². The highest BCUT2D eigenvalue weighted by atomic mass is 35.5. The normalized spacial score (nSPS) is 47.1. The van der Waals surface area contributed by atoms with Crippen LogP contribution in [0.4, 0.5) is 0 Å². The molecule has 1 saturated carbocycles. The van der Waals surface area contributed by atoms with E-state index in [2.05, 4.69) is 36.4 Å². The molecule has 0 saturated heterocycles. The lowest BCUT2D eigenvalue weighted by atomic mass is 9.51. The lowest BCUT2D eigenvalue weighted by Crippen LogP contribution is -2.57. The average molecular weight is 251 g/mol. The molecule has 2 bridgehead atoms. The Morgan fingerprint density at radius 1 is 0.750 bits per heavy atom. The third-order valence-corrected chi connectivity index (χ3v) is 5.81. The van der Waals surface area contributed by atoms with Crippen molar-refractivity contribution in [1.29, 1.82) is 0 Å². The van der Waals surface area contributed by atoms with Crippen LogP contribution in [-0.4, -0.2) is 10.8 Å². The Morgan fingerprint density at radius 2 is 1.19 bits per heavy atom. The zero-order valence-electron chi connectivity index (χ0n) is 8.68. The molecule has 4 aliphatic rings. The van der Waals surface area contributed by atoms with E-state index in [4.69, 9.17) is 23.2 Å². The van der Waals surface area contributed by atoms with E-state index in [9.17, 15) is 0 Å². The first-order chi connectivity index (χ1) is 7.79. The van der Waals surface area contributed by atoms with Gasteiger partial charge in [-0.15, -0.1) is 23.2 Å². The monoisotopic (exact) mass is 250 g/mol. The number of alkyl halides is 2. The van der Waals surface area contributed by atoms with Crippen LogP contribution in [-0.2, 0) is 0 Å². The quantitative estimate of drug-likeness (QED) is 0.484. The minimum absolute atomic E-state index is 0.150. The molecule has 1 fully saturated rings. The summed E-state index contributed by atoms with van der Waals surface area (Å²) in [5.41, 5.74) is 2.95. The highest BCUT2D eigenvalue weighted by molar-refractivity contribution is 6.31. The smallest absolute Gasteiger partial charge is 0.0543 e. The Kier molecular flexibility index (Phi) is 1.82. The van der Waals surface area contributed by atoms with Gasteiger partial charge in [0.25, 0.3) is 0 Å². The number of rotatable bonds is 0. The molecule has 2 heteroatoms. The number of allylic oxidation sites excluding steroid dienone is 2. The summed E-state index contributed by atoms with van der Waals surface area (Å²) in [5.74, 6) is 2.13. The van der Waals surface area contributed by atoms with Crippen molar-refractivity contribution in [3.8, 4) is 0 Å².